The number of fused-ring (bicyclic) bond motifs is 1. The second kappa shape index (κ2) is 5.27. The molecule has 0 saturated heterocycles. The van der Waals surface area contributed by atoms with Crippen LogP contribution in [0.15, 0.2) is 24.0 Å². The Kier molecular flexibility index (Phi) is 3.48. The maximum absolute atomic E-state index is 12.2. The SMILES string of the molecule is O=C(NC1CCCc2sccc21)c1ncncc1Cl. The van der Waals surface area contributed by atoms with E-state index in [9.17, 15) is 4.79 Å². The number of aromatic nitrogens is 2. The van der Waals surface area contributed by atoms with Gasteiger partial charge in [-0.05, 0) is 36.3 Å². The van der Waals surface area contributed by atoms with Crippen molar-refractivity contribution in [3.05, 3.63) is 45.1 Å². The van der Waals surface area contributed by atoms with Crippen LogP contribution in [0.25, 0.3) is 0 Å². The van der Waals surface area contributed by atoms with Gasteiger partial charge in [0.25, 0.3) is 5.91 Å². The molecule has 1 amide bonds. The highest BCUT2D eigenvalue weighted by molar-refractivity contribution is 7.10. The third-order valence-corrected chi connectivity index (χ3v) is 4.51. The molecule has 0 radical (unpaired) electrons. The molecule has 2 aromatic rings. The molecule has 1 N–H and O–H groups in total. The van der Waals surface area contributed by atoms with Crippen LogP contribution in [-0.2, 0) is 6.42 Å². The fraction of sp³-hybridized carbons (Fsp3) is 0.308. The van der Waals surface area contributed by atoms with E-state index in [0.29, 0.717) is 0 Å². The molecule has 2 heterocycles. The largest absolute Gasteiger partial charge is 0.344 e. The van der Waals surface area contributed by atoms with E-state index in [0.717, 1.165) is 19.3 Å². The lowest BCUT2D eigenvalue weighted by Gasteiger charge is -2.23. The second-order valence-corrected chi connectivity index (χ2v) is 5.84. The molecule has 0 aliphatic heterocycles. The molecule has 1 unspecified atom stereocenters. The molecule has 1 aliphatic carbocycles. The molecule has 1 atom stereocenters. The van der Waals surface area contributed by atoms with Gasteiger partial charge < -0.3 is 5.32 Å². The third-order valence-electron chi connectivity index (χ3n) is 3.24. The van der Waals surface area contributed by atoms with Gasteiger partial charge >= 0.3 is 0 Å². The van der Waals surface area contributed by atoms with Crippen molar-refractivity contribution >= 4 is 28.8 Å². The van der Waals surface area contributed by atoms with Gasteiger partial charge in [0.1, 0.15) is 12.0 Å². The zero-order chi connectivity index (χ0) is 13.2. The lowest BCUT2D eigenvalue weighted by molar-refractivity contribution is 0.0928. The fourth-order valence-corrected chi connectivity index (χ4v) is 3.52. The van der Waals surface area contributed by atoms with Crippen molar-refractivity contribution in [3.8, 4) is 0 Å². The summed E-state index contributed by atoms with van der Waals surface area (Å²) < 4.78 is 0. The van der Waals surface area contributed by atoms with Gasteiger partial charge in [-0.15, -0.1) is 11.3 Å². The standard InChI is InChI=1S/C13H12ClN3OS/c14-9-6-15-7-16-12(9)13(18)17-10-2-1-3-11-8(10)4-5-19-11/h4-7,10H,1-3H2,(H,17,18). The molecule has 0 bridgehead atoms. The molecular formula is C13H12ClN3OS. The highest BCUT2D eigenvalue weighted by Gasteiger charge is 2.24. The van der Waals surface area contributed by atoms with Crippen molar-refractivity contribution in [2.24, 2.45) is 0 Å². The molecule has 2 aromatic heterocycles. The summed E-state index contributed by atoms with van der Waals surface area (Å²) in [4.78, 5) is 21.3. The van der Waals surface area contributed by atoms with Crippen molar-refractivity contribution in [1.29, 1.82) is 0 Å². The van der Waals surface area contributed by atoms with Gasteiger partial charge in [0.05, 0.1) is 11.1 Å². The van der Waals surface area contributed by atoms with Crippen LogP contribution in [0.1, 0.15) is 39.8 Å². The van der Waals surface area contributed by atoms with Gasteiger partial charge in [-0.2, -0.15) is 0 Å². The van der Waals surface area contributed by atoms with E-state index in [4.69, 9.17) is 11.6 Å². The molecule has 4 nitrogen and oxygen atoms in total. The van der Waals surface area contributed by atoms with Gasteiger partial charge in [0, 0.05) is 11.1 Å². The number of halogens is 1. The number of carbonyl (C=O) groups excluding carboxylic acids is 1. The van der Waals surface area contributed by atoms with Gasteiger partial charge in [-0.1, -0.05) is 11.6 Å². The monoisotopic (exact) mass is 293 g/mol. The van der Waals surface area contributed by atoms with Crippen LogP contribution in [0.3, 0.4) is 0 Å². The van der Waals surface area contributed by atoms with Gasteiger partial charge in [0.2, 0.25) is 0 Å². The van der Waals surface area contributed by atoms with E-state index in [1.807, 2.05) is 0 Å². The molecule has 3 rings (SSSR count). The van der Waals surface area contributed by atoms with Crippen LogP contribution in [0.5, 0.6) is 0 Å². The van der Waals surface area contributed by atoms with E-state index < -0.39 is 0 Å². The van der Waals surface area contributed by atoms with Crippen molar-refractivity contribution in [3.63, 3.8) is 0 Å². The predicted octanol–water partition coefficient (Wildman–Crippen LogP) is 3.00. The Bertz CT molecular complexity index is 613. The normalized spacial score (nSPS) is 17.8. The maximum atomic E-state index is 12.2. The van der Waals surface area contributed by atoms with E-state index in [2.05, 4.69) is 26.7 Å². The highest BCUT2D eigenvalue weighted by Crippen LogP contribution is 2.33. The Morgan fingerprint density at radius 1 is 1.53 bits per heavy atom. The molecule has 0 spiro atoms. The van der Waals surface area contributed by atoms with Crippen molar-refractivity contribution in [2.75, 3.05) is 0 Å². The summed E-state index contributed by atoms with van der Waals surface area (Å²) in [5.74, 6) is -0.239. The second-order valence-electron chi connectivity index (χ2n) is 4.44. The molecule has 1 aliphatic rings. The number of aryl methyl sites for hydroxylation is 1. The zero-order valence-electron chi connectivity index (χ0n) is 10.1. The van der Waals surface area contributed by atoms with Crippen molar-refractivity contribution < 1.29 is 4.79 Å². The lowest BCUT2D eigenvalue weighted by atomic mass is 9.94. The summed E-state index contributed by atoms with van der Waals surface area (Å²) in [6, 6.07) is 2.15. The van der Waals surface area contributed by atoms with Gasteiger partial charge in [-0.3, -0.25) is 4.79 Å². The fourth-order valence-electron chi connectivity index (χ4n) is 2.34. The first-order valence-corrected chi connectivity index (χ1v) is 7.34. The molecule has 6 heteroatoms. The van der Waals surface area contributed by atoms with Crippen LogP contribution >= 0.6 is 22.9 Å². The lowest BCUT2D eigenvalue weighted by Crippen LogP contribution is -2.31. The maximum Gasteiger partial charge on any atom is 0.272 e. The number of carbonyl (C=O) groups is 1. The quantitative estimate of drug-likeness (QED) is 0.926. The van der Waals surface area contributed by atoms with Crippen molar-refractivity contribution in [2.45, 2.75) is 25.3 Å². The molecule has 98 valence electrons. The highest BCUT2D eigenvalue weighted by atomic mass is 35.5. The van der Waals surface area contributed by atoms with Crippen LogP contribution < -0.4 is 5.32 Å². The molecule has 0 saturated carbocycles. The van der Waals surface area contributed by atoms with Crippen LogP contribution in [0.4, 0.5) is 0 Å². The summed E-state index contributed by atoms with van der Waals surface area (Å²) in [6.45, 7) is 0. The zero-order valence-corrected chi connectivity index (χ0v) is 11.7. The Labute approximate surface area is 119 Å². The van der Waals surface area contributed by atoms with Crippen molar-refractivity contribution in [1.82, 2.24) is 15.3 Å². The number of rotatable bonds is 2. The topological polar surface area (TPSA) is 54.9 Å². The number of hydrogen-bond acceptors (Lipinski definition) is 4. The number of hydrogen-bond donors (Lipinski definition) is 1. The minimum absolute atomic E-state index is 0.0635. The van der Waals surface area contributed by atoms with Gasteiger partial charge in [-0.25, -0.2) is 9.97 Å². The first-order chi connectivity index (χ1) is 9.25. The molecule has 0 fully saturated rings. The van der Waals surface area contributed by atoms with Gasteiger partial charge in [0.15, 0.2) is 0 Å². The molecular weight excluding hydrogens is 282 g/mol. The number of nitrogens with one attached hydrogen (secondary N) is 1. The summed E-state index contributed by atoms with van der Waals surface area (Å²) in [5, 5.41) is 5.37. The van der Waals surface area contributed by atoms with Crippen LogP contribution in [-0.4, -0.2) is 15.9 Å². The molecule has 19 heavy (non-hydrogen) atoms. The Hall–Kier alpha value is -1.46. The van der Waals surface area contributed by atoms with Crippen LogP contribution in [0, 0.1) is 0 Å². The van der Waals surface area contributed by atoms with E-state index in [1.165, 1.54) is 23.0 Å². The average Bonchev–Trinajstić information content (AvgIpc) is 2.88. The summed E-state index contributed by atoms with van der Waals surface area (Å²) in [6.07, 6.45) is 5.92. The average molecular weight is 294 g/mol. The first-order valence-electron chi connectivity index (χ1n) is 6.08. The van der Waals surface area contributed by atoms with E-state index in [-0.39, 0.29) is 22.7 Å². The minimum atomic E-state index is -0.239. The minimum Gasteiger partial charge on any atom is -0.344 e. The van der Waals surface area contributed by atoms with E-state index in [1.54, 1.807) is 11.3 Å². The van der Waals surface area contributed by atoms with Crippen LogP contribution in [0.2, 0.25) is 5.02 Å². The summed E-state index contributed by atoms with van der Waals surface area (Å²) in [5.41, 5.74) is 1.47. The summed E-state index contributed by atoms with van der Waals surface area (Å²) in [7, 11) is 0. The Morgan fingerprint density at radius 3 is 3.26 bits per heavy atom. The molecule has 0 aromatic carbocycles. The van der Waals surface area contributed by atoms with E-state index >= 15 is 0 Å². The number of nitrogens with zero attached hydrogens (tertiary/aromatic N) is 2. The first kappa shape index (κ1) is 12.6. The predicted molar refractivity (Wildman–Crippen MR) is 74.5 cm³/mol. The Morgan fingerprint density at radius 2 is 2.42 bits per heavy atom. The number of thiophene rings is 1. The smallest absolute Gasteiger partial charge is 0.272 e. The third kappa shape index (κ3) is 2.48. The number of amides is 1. The Balaban J connectivity index is 1.80. The summed E-state index contributed by atoms with van der Waals surface area (Å²) >= 11 is 7.68.